The van der Waals surface area contributed by atoms with Gasteiger partial charge in [-0.05, 0) is 32.4 Å². The lowest BCUT2D eigenvalue weighted by Crippen LogP contribution is -2.24. The Kier molecular flexibility index (Phi) is 2.28. The van der Waals surface area contributed by atoms with Crippen LogP contribution in [0.2, 0.25) is 0 Å². The Hall–Kier alpha value is -0.560. The SMILES string of the molecule is C=C(C)C1=C(C)CCNC1. The van der Waals surface area contributed by atoms with E-state index in [1.54, 1.807) is 0 Å². The fourth-order valence-corrected chi connectivity index (χ4v) is 1.31. The summed E-state index contributed by atoms with van der Waals surface area (Å²) >= 11 is 0. The second-order valence-electron chi connectivity index (χ2n) is 2.97. The van der Waals surface area contributed by atoms with Gasteiger partial charge < -0.3 is 5.32 Å². The largest absolute Gasteiger partial charge is 0.312 e. The van der Waals surface area contributed by atoms with Gasteiger partial charge in [0.15, 0.2) is 0 Å². The number of rotatable bonds is 1. The van der Waals surface area contributed by atoms with Gasteiger partial charge in [0.25, 0.3) is 0 Å². The molecule has 1 heteroatoms. The van der Waals surface area contributed by atoms with Crippen LogP contribution in [0.4, 0.5) is 0 Å². The molecule has 0 radical (unpaired) electrons. The van der Waals surface area contributed by atoms with Crippen LogP contribution in [-0.4, -0.2) is 13.1 Å². The third kappa shape index (κ3) is 1.48. The quantitative estimate of drug-likeness (QED) is 0.581. The maximum Gasteiger partial charge on any atom is 0.0207 e. The molecule has 0 saturated heterocycles. The molecule has 0 unspecified atom stereocenters. The molecule has 0 aromatic carbocycles. The van der Waals surface area contributed by atoms with Gasteiger partial charge in [0.05, 0.1) is 0 Å². The highest BCUT2D eigenvalue weighted by atomic mass is 14.9. The van der Waals surface area contributed by atoms with Crippen LogP contribution in [0.3, 0.4) is 0 Å². The molecule has 0 saturated carbocycles. The molecule has 0 aliphatic carbocycles. The normalized spacial score (nSPS) is 19.4. The van der Waals surface area contributed by atoms with E-state index >= 15 is 0 Å². The van der Waals surface area contributed by atoms with E-state index in [0.29, 0.717) is 0 Å². The lowest BCUT2D eigenvalue weighted by atomic mass is 9.98. The summed E-state index contributed by atoms with van der Waals surface area (Å²) in [6, 6.07) is 0. The van der Waals surface area contributed by atoms with Crippen LogP contribution >= 0.6 is 0 Å². The van der Waals surface area contributed by atoms with Crippen LogP contribution < -0.4 is 5.32 Å². The first-order valence-corrected chi connectivity index (χ1v) is 3.77. The summed E-state index contributed by atoms with van der Waals surface area (Å²) in [5.41, 5.74) is 4.14. The highest BCUT2D eigenvalue weighted by Gasteiger charge is 2.07. The summed E-state index contributed by atoms with van der Waals surface area (Å²) in [7, 11) is 0. The van der Waals surface area contributed by atoms with Crippen molar-refractivity contribution in [2.24, 2.45) is 0 Å². The van der Waals surface area contributed by atoms with Gasteiger partial charge in [0.2, 0.25) is 0 Å². The lowest BCUT2D eigenvalue weighted by Gasteiger charge is -2.18. The topological polar surface area (TPSA) is 12.0 Å². The molecule has 10 heavy (non-hydrogen) atoms. The molecule has 0 bridgehead atoms. The van der Waals surface area contributed by atoms with Crippen LogP contribution in [-0.2, 0) is 0 Å². The first-order chi connectivity index (χ1) is 4.72. The number of hydrogen-bond acceptors (Lipinski definition) is 1. The predicted octanol–water partition coefficient (Wildman–Crippen LogP) is 1.87. The fourth-order valence-electron chi connectivity index (χ4n) is 1.31. The van der Waals surface area contributed by atoms with E-state index in [4.69, 9.17) is 0 Å². The molecule has 1 aliphatic rings. The van der Waals surface area contributed by atoms with Crippen molar-refractivity contribution in [3.05, 3.63) is 23.3 Å². The summed E-state index contributed by atoms with van der Waals surface area (Å²) in [6.07, 6.45) is 1.18. The Morgan fingerprint density at radius 2 is 2.30 bits per heavy atom. The Balaban J connectivity index is 2.78. The monoisotopic (exact) mass is 137 g/mol. The minimum absolute atomic E-state index is 1.02. The van der Waals surface area contributed by atoms with E-state index in [9.17, 15) is 0 Å². The first kappa shape index (κ1) is 7.55. The summed E-state index contributed by atoms with van der Waals surface area (Å²) in [6.45, 7) is 10.3. The zero-order valence-corrected chi connectivity index (χ0v) is 6.83. The molecule has 1 N–H and O–H groups in total. The molecule has 1 nitrogen and oxygen atoms in total. The van der Waals surface area contributed by atoms with Crippen molar-refractivity contribution in [3.8, 4) is 0 Å². The molecule has 0 amide bonds. The van der Waals surface area contributed by atoms with E-state index < -0.39 is 0 Å². The standard InChI is InChI=1S/C9H15N/c1-7(2)9-6-10-5-4-8(9)3/h10H,1,4-6H2,2-3H3. The zero-order chi connectivity index (χ0) is 7.56. The molecule has 0 fully saturated rings. The average Bonchev–Trinajstić information content (AvgIpc) is 1.88. The van der Waals surface area contributed by atoms with Gasteiger partial charge in [-0.1, -0.05) is 17.7 Å². The van der Waals surface area contributed by atoms with E-state index in [-0.39, 0.29) is 0 Å². The van der Waals surface area contributed by atoms with E-state index in [0.717, 1.165) is 13.1 Å². The van der Waals surface area contributed by atoms with Crippen molar-refractivity contribution in [1.82, 2.24) is 5.32 Å². The Morgan fingerprint density at radius 1 is 1.60 bits per heavy atom. The fraction of sp³-hybridized carbons (Fsp3) is 0.556. The van der Waals surface area contributed by atoms with Gasteiger partial charge in [-0.15, -0.1) is 0 Å². The second kappa shape index (κ2) is 3.02. The minimum Gasteiger partial charge on any atom is -0.312 e. The zero-order valence-electron chi connectivity index (χ0n) is 6.83. The molecule has 0 atom stereocenters. The van der Waals surface area contributed by atoms with Crippen molar-refractivity contribution in [1.29, 1.82) is 0 Å². The molecular weight excluding hydrogens is 122 g/mol. The Bertz CT molecular complexity index is 177. The van der Waals surface area contributed by atoms with Crippen LogP contribution in [0.15, 0.2) is 23.3 Å². The predicted molar refractivity (Wildman–Crippen MR) is 45.0 cm³/mol. The smallest absolute Gasteiger partial charge is 0.0207 e. The van der Waals surface area contributed by atoms with Crippen molar-refractivity contribution in [2.75, 3.05) is 13.1 Å². The molecular formula is C9H15N. The number of nitrogens with one attached hydrogen (secondary N) is 1. The molecule has 56 valence electrons. The first-order valence-electron chi connectivity index (χ1n) is 3.77. The Morgan fingerprint density at radius 3 is 2.70 bits per heavy atom. The van der Waals surface area contributed by atoms with Gasteiger partial charge in [0, 0.05) is 6.54 Å². The maximum absolute atomic E-state index is 3.93. The van der Waals surface area contributed by atoms with E-state index in [1.807, 2.05) is 0 Å². The van der Waals surface area contributed by atoms with Crippen LogP contribution in [0.25, 0.3) is 0 Å². The maximum atomic E-state index is 3.93. The van der Waals surface area contributed by atoms with Gasteiger partial charge in [-0.25, -0.2) is 0 Å². The van der Waals surface area contributed by atoms with Crippen molar-refractivity contribution in [2.45, 2.75) is 20.3 Å². The van der Waals surface area contributed by atoms with Gasteiger partial charge in [-0.3, -0.25) is 0 Å². The summed E-state index contributed by atoms with van der Waals surface area (Å²) in [5, 5.41) is 3.33. The molecule has 1 rings (SSSR count). The molecule has 0 aromatic heterocycles. The minimum atomic E-state index is 1.02. The molecule has 1 aliphatic heterocycles. The second-order valence-corrected chi connectivity index (χ2v) is 2.97. The van der Waals surface area contributed by atoms with Crippen molar-refractivity contribution in [3.63, 3.8) is 0 Å². The summed E-state index contributed by atoms with van der Waals surface area (Å²) in [5.74, 6) is 0. The van der Waals surface area contributed by atoms with E-state index in [1.165, 1.54) is 23.1 Å². The summed E-state index contributed by atoms with van der Waals surface area (Å²) < 4.78 is 0. The van der Waals surface area contributed by atoms with Crippen molar-refractivity contribution < 1.29 is 0 Å². The third-order valence-corrected chi connectivity index (χ3v) is 2.01. The van der Waals surface area contributed by atoms with Crippen molar-refractivity contribution >= 4 is 0 Å². The molecule has 1 heterocycles. The van der Waals surface area contributed by atoms with Gasteiger partial charge in [-0.2, -0.15) is 0 Å². The van der Waals surface area contributed by atoms with E-state index in [2.05, 4.69) is 25.7 Å². The van der Waals surface area contributed by atoms with Gasteiger partial charge in [0.1, 0.15) is 0 Å². The van der Waals surface area contributed by atoms with Gasteiger partial charge >= 0.3 is 0 Å². The average molecular weight is 137 g/mol. The third-order valence-electron chi connectivity index (χ3n) is 2.01. The van der Waals surface area contributed by atoms with Crippen LogP contribution in [0.1, 0.15) is 20.3 Å². The Labute approximate surface area is 62.8 Å². The molecule has 0 spiro atoms. The lowest BCUT2D eigenvalue weighted by molar-refractivity contribution is 0.681. The molecule has 0 aromatic rings. The highest BCUT2D eigenvalue weighted by Crippen LogP contribution is 2.17. The number of hydrogen-bond donors (Lipinski definition) is 1. The van der Waals surface area contributed by atoms with Crippen LogP contribution in [0.5, 0.6) is 0 Å². The van der Waals surface area contributed by atoms with Crippen LogP contribution in [0, 0.1) is 0 Å². The summed E-state index contributed by atoms with van der Waals surface area (Å²) in [4.78, 5) is 0. The highest BCUT2D eigenvalue weighted by molar-refractivity contribution is 5.33.